The van der Waals surface area contributed by atoms with Gasteiger partial charge >= 0.3 is 0 Å². The molecule has 0 fully saturated rings. The van der Waals surface area contributed by atoms with Crippen LogP contribution < -0.4 is 0 Å². The summed E-state index contributed by atoms with van der Waals surface area (Å²) in [6.07, 6.45) is 9.34. The first-order chi connectivity index (χ1) is 6.20. The van der Waals surface area contributed by atoms with E-state index in [2.05, 4.69) is 19.9 Å². The maximum Gasteiger partial charge on any atom is 0.155 e. The second-order valence-corrected chi connectivity index (χ2v) is 3.24. The molecular weight excluding hydrogens is 160 g/mol. The number of hydrogen-bond donors (Lipinski definition) is 0. The van der Waals surface area contributed by atoms with Crippen molar-refractivity contribution < 1.29 is 4.79 Å². The van der Waals surface area contributed by atoms with Crippen LogP contribution >= 0.6 is 0 Å². The maximum atomic E-state index is 11.2. The van der Waals surface area contributed by atoms with E-state index in [4.69, 9.17) is 0 Å². The molecule has 0 aliphatic heterocycles. The average Bonchev–Trinajstić information content (AvgIpc) is 2.12. The third-order valence-corrected chi connectivity index (χ3v) is 1.86. The molecule has 0 aromatic rings. The van der Waals surface area contributed by atoms with E-state index in [1.54, 1.807) is 6.08 Å². The first kappa shape index (κ1) is 12.2. The molecule has 0 radical (unpaired) electrons. The van der Waals surface area contributed by atoms with E-state index in [1.165, 1.54) is 5.57 Å². The van der Waals surface area contributed by atoms with Crippen LogP contribution in [-0.4, -0.2) is 5.78 Å². The van der Waals surface area contributed by atoms with Gasteiger partial charge in [0.15, 0.2) is 5.78 Å². The summed E-state index contributed by atoms with van der Waals surface area (Å²) in [4.78, 5) is 11.2. The Morgan fingerprint density at radius 1 is 1.15 bits per heavy atom. The summed E-state index contributed by atoms with van der Waals surface area (Å²) < 4.78 is 0. The summed E-state index contributed by atoms with van der Waals surface area (Å²) in [6, 6.07) is 0. The molecule has 0 bridgehead atoms. The smallest absolute Gasteiger partial charge is 0.155 e. The van der Waals surface area contributed by atoms with Crippen molar-refractivity contribution in [2.45, 2.75) is 46.5 Å². The zero-order valence-electron chi connectivity index (χ0n) is 8.97. The molecule has 1 heteroatoms. The van der Waals surface area contributed by atoms with Crippen LogP contribution in [0.2, 0.25) is 0 Å². The van der Waals surface area contributed by atoms with Crippen molar-refractivity contribution in [3.8, 4) is 0 Å². The van der Waals surface area contributed by atoms with Crippen LogP contribution in [-0.2, 0) is 4.79 Å². The van der Waals surface area contributed by atoms with E-state index in [1.807, 2.05) is 13.0 Å². The molecule has 0 aliphatic rings. The highest BCUT2D eigenvalue weighted by Gasteiger charge is 1.96. The monoisotopic (exact) mass is 180 g/mol. The zero-order valence-corrected chi connectivity index (χ0v) is 8.97. The fourth-order valence-corrected chi connectivity index (χ4v) is 1.10. The van der Waals surface area contributed by atoms with Crippen molar-refractivity contribution >= 4 is 5.78 Å². The Kier molecular flexibility index (Phi) is 7.27. The van der Waals surface area contributed by atoms with Crippen molar-refractivity contribution in [2.75, 3.05) is 0 Å². The van der Waals surface area contributed by atoms with Crippen LogP contribution in [0.3, 0.4) is 0 Å². The predicted octanol–water partition coefficient (Wildman–Crippen LogP) is 3.66. The molecule has 0 N–H and O–H groups in total. The van der Waals surface area contributed by atoms with Crippen molar-refractivity contribution in [3.63, 3.8) is 0 Å². The van der Waals surface area contributed by atoms with Crippen molar-refractivity contribution in [1.29, 1.82) is 0 Å². The SMILES string of the molecule is CC/C=C/C(=O)CC/C(C)=C/CC. The minimum atomic E-state index is 0.241. The molecule has 0 saturated carbocycles. The zero-order chi connectivity index (χ0) is 10.1. The van der Waals surface area contributed by atoms with Gasteiger partial charge in [0.2, 0.25) is 0 Å². The normalized spacial score (nSPS) is 12.4. The number of allylic oxidation sites excluding steroid dienone is 4. The Morgan fingerprint density at radius 2 is 1.85 bits per heavy atom. The van der Waals surface area contributed by atoms with Gasteiger partial charge in [0.05, 0.1) is 0 Å². The Labute approximate surface area is 81.5 Å². The molecule has 0 spiro atoms. The summed E-state index contributed by atoms with van der Waals surface area (Å²) in [5.74, 6) is 0.241. The largest absolute Gasteiger partial charge is 0.295 e. The molecule has 1 nitrogen and oxygen atoms in total. The summed E-state index contributed by atoms with van der Waals surface area (Å²) in [5.41, 5.74) is 1.32. The summed E-state index contributed by atoms with van der Waals surface area (Å²) in [5, 5.41) is 0. The van der Waals surface area contributed by atoms with E-state index in [0.29, 0.717) is 6.42 Å². The lowest BCUT2D eigenvalue weighted by Crippen LogP contribution is -1.92. The van der Waals surface area contributed by atoms with Crippen LogP contribution in [0.25, 0.3) is 0 Å². The molecule has 0 aromatic carbocycles. The number of carbonyl (C=O) groups is 1. The van der Waals surface area contributed by atoms with Gasteiger partial charge in [0, 0.05) is 6.42 Å². The fraction of sp³-hybridized carbons (Fsp3) is 0.583. The molecule has 13 heavy (non-hydrogen) atoms. The second-order valence-electron chi connectivity index (χ2n) is 3.24. The highest BCUT2D eigenvalue weighted by molar-refractivity contribution is 5.89. The Hall–Kier alpha value is -0.850. The molecule has 0 heterocycles. The Bertz CT molecular complexity index is 199. The van der Waals surface area contributed by atoms with Gasteiger partial charge in [-0.1, -0.05) is 31.6 Å². The molecule has 0 amide bonds. The lowest BCUT2D eigenvalue weighted by atomic mass is 10.1. The van der Waals surface area contributed by atoms with Gasteiger partial charge in [-0.05, 0) is 32.3 Å². The number of rotatable bonds is 6. The van der Waals surface area contributed by atoms with E-state index in [-0.39, 0.29) is 5.78 Å². The van der Waals surface area contributed by atoms with Gasteiger partial charge in [-0.25, -0.2) is 0 Å². The molecule has 0 rings (SSSR count). The quantitative estimate of drug-likeness (QED) is 0.450. The average molecular weight is 180 g/mol. The number of ketones is 1. The van der Waals surface area contributed by atoms with E-state index < -0.39 is 0 Å². The molecular formula is C12H20O. The van der Waals surface area contributed by atoms with E-state index in [9.17, 15) is 4.79 Å². The van der Waals surface area contributed by atoms with Crippen LogP contribution in [0.5, 0.6) is 0 Å². The van der Waals surface area contributed by atoms with Crippen molar-refractivity contribution in [1.82, 2.24) is 0 Å². The van der Waals surface area contributed by atoms with Crippen LogP contribution in [0.15, 0.2) is 23.8 Å². The van der Waals surface area contributed by atoms with Crippen molar-refractivity contribution in [3.05, 3.63) is 23.8 Å². The fourth-order valence-electron chi connectivity index (χ4n) is 1.10. The number of hydrogen-bond acceptors (Lipinski definition) is 1. The van der Waals surface area contributed by atoms with E-state index in [0.717, 1.165) is 19.3 Å². The molecule has 0 unspecified atom stereocenters. The first-order valence-corrected chi connectivity index (χ1v) is 5.05. The predicted molar refractivity (Wildman–Crippen MR) is 57.7 cm³/mol. The standard InChI is InChI=1S/C12H20O/c1-4-6-8-12(13)10-9-11(3)7-5-2/h6-8H,4-5,9-10H2,1-3H3/b8-6+,11-7+. The van der Waals surface area contributed by atoms with Crippen molar-refractivity contribution in [2.24, 2.45) is 0 Å². The lowest BCUT2D eigenvalue weighted by Gasteiger charge is -1.97. The maximum absolute atomic E-state index is 11.2. The third kappa shape index (κ3) is 7.51. The lowest BCUT2D eigenvalue weighted by molar-refractivity contribution is -0.114. The highest BCUT2D eigenvalue weighted by atomic mass is 16.1. The summed E-state index contributed by atoms with van der Waals surface area (Å²) >= 11 is 0. The third-order valence-electron chi connectivity index (χ3n) is 1.86. The first-order valence-electron chi connectivity index (χ1n) is 5.05. The second kappa shape index (κ2) is 7.78. The van der Waals surface area contributed by atoms with Gasteiger partial charge in [-0.3, -0.25) is 4.79 Å². The molecule has 74 valence electrons. The van der Waals surface area contributed by atoms with Gasteiger partial charge in [-0.15, -0.1) is 0 Å². The number of carbonyl (C=O) groups excluding carboxylic acids is 1. The summed E-state index contributed by atoms with van der Waals surface area (Å²) in [7, 11) is 0. The van der Waals surface area contributed by atoms with Crippen LogP contribution in [0.4, 0.5) is 0 Å². The molecule has 0 aromatic heterocycles. The van der Waals surface area contributed by atoms with E-state index >= 15 is 0 Å². The molecule has 0 atom stereocenters. The van der Waals surface area contributed by atoms with Gasteiger partial charge in [0.25, 0.3) is 0 Å². The molecule has 0 saturated heterocycles. The van der Waals surface area contributed by atoms with Crippen LogP contribution in [0, 0.1) is 0 Å². The molecule has 0 aliphatic carbocycles. The summed E-state index contributed by atoms with van der Waals surface area (Å²) in [6.45, 7) is 6.23. The minimum Gasteiger partial charge on any atom is -0.295 e. The van der Waals surface area contributed by atoms with Gasteiger partial charge in [-0.2, -0.15) is 0 Å². The Balaban J connectivity index is 3.70. The van der Waals surface area contributed by atoms with Crippen LogP contribution in [0.1, 0.15) is 46.5 Å². The Morgan fingerprint density at radius 3 is 2.38 bits per heavy atom. The van der Waals surface area contributed by atoms with Gasteiger partial charge in [0.1, 0.15) is 0 Å². The topological polar surface area (TPSA) is 17.1 Å². The van der Waals surface area contributed by atoms with Gasteiger partial charge < -0.3 is 0 Å². The minimum absolute atomic E-state index is 0.241. The highest BCUT2D eigenvalue weighted by Crippen LogP contribution is 2.05.